The van der Waals surface area contributed by atoms with Crippen LogP contribution in [0.2, 0.25) is 0 Å². The summed E-state index contributed by atoms with van der Waals surface area (Å²) in [6, 6.07) is 8.28. The van der Waals surface area contributed by atoms with E-state index in [9.17, 15) is 5.11 Å². The minimum absolute atomic E-state index is 0.0521. The van der Waals surface area contributed by atoms with Gasteiger partial charge in [0, 0.05) is 41.0 Å². The van der Waals surface area contributed by atoms with Gasteiger partial charge >= 0.3 is 0 Å². The molecular weight excluding hydrogens is 436 g/mol. The number of aromatic hydroxyl groups is 1. The normalized spacial score (nSPS) is 18.0. The van der Waals surface area contributed by atoms with Gasteiger partial charge in [-0.25, -0.2) is 0 Å². The number of nitrogens with one attached hydrogen (secondary N) is 2. The van der Waals surface area contributed by atoms with Crippen molar-refractivity contribution < 1.29 is 5.11 Å². The number of hydrogen-bond donors (Lipinski definition) is 3. The summed E-state index contributed by atoms with van der Waals surface area (Å²) in [5, 5.41) is 31.2. The van der Waals surface area contributed by atoms with Gasteiger partial charge in [-0.2, -0.15) is 5.10 Å². The van der Waals surface area contributed by atoms with E-state index in [1.165, 1.54) is 0 Å². The third-order valence-electron chi connectivity index (χ3n) is 7.05. The van der Waals surface area contributed by atoms with E-state index < -0.39 is 0 Å². The van der Waals surface area contributed by atoms with Gasteiger partial charge in [0.15, 0.2) is 5.82 Å². The minimum Gasteiger partial charge on any atom is -0.507 e. The molecule has 0 atom stereocenters. The van der Waals surface area contributed by atoms with Crippen molar-refractivity contribution in [1.82, 2.24) is 25.7 Å². The lowest BCUT2D eigenvalue weighted by Gasteiger charge is -2.49. The molecule has 2 aromatic heterocycles. The van der Waals surface area contributed by atoms with Crippen molar-refractivity contribution in [1.29, 1.82) is 0 Å². The molecule has 188 valence electrons. The highest BCUT2D eigenvalue weighted by molar-refractivity contribution is 5.79. The Morgan fingerprint density at radius 3 is 2.20 bits per heavy atom. The fourth-order valence-corrected chi connectivity index (χ4v) is 5.66. The van der Waals surface area contributed by atoms with E-state index >= 15 is 0 Å². The van der Waals surface area contributed by atoms with E-state index in [4.69, 9.17) is 0 Å². The first-order valence-electron chi connectivity index (χ1n) is 12.4. The van der Waals surface area contributed by atoms with Crippen molar-refractivity contribution in [2.75, 3.05) is 11.9 Å². The molecule has 0 aliphatic carbocycles. The Labute approximate surface area is 209 Å². The first-order chi connectivity index (χ1) is 16.2. The largest absolute Gasteiger partial charge is 0.507 e. The summed E-state index contributed by atoms with van der Waals surface area (Å²) in [5.41, 5.74) is 5.20. The summed E-state index contributed by atoms with van der Waals surface area (Å²) in [4.78, 5) is 2.25. The van der Waals surface area contributed by atoms with Crippen molar-refractivity contribution in [3.8, 4) is 28.1 Å². The number of aryl methyl sites for hydroxylation is 1. The molecule has 3 aromatic rings. The zero-order valence-corrected chi connectivity index (χ0v) is 22.6. The third-order valence-corrected chi connectivity index (χ3v) is 7.05. The van der Waals surface area contributed by atoms with Gasteiger partial charge in [0.1, 0.15) is 5.75 Å². The molecule has 7 heteroatoms. The maximum absolute atomic E-state index is 11.2. The lowest BCUT2D eigenvalue weighted by atomic mass is 9.79. The number of phenolic OH excluding ortho intramolecular Hbond substituents is 1. The monoisotopic (exact) mass is 476 g/mol. The zero-order chi connectivity index (χ0) is 25.8. The quantitative estimate of drug-likeness (QED) is 0.455. The van der Waals surface area contributed by atoms with Crippen molar-refractivity contribution >= 4 is 5.82 Å². The van der Waals surface area contributed by atoms with Crippen LogP contribution in [0.4, 0.5) is 5.82 Å². The van der Waals surface area contributed by atoms with Crippen molar-refractivity contribution in [3.63, 3.8) is 0 Å². The second-order valence-corrected chi connectivity index (χ2v) is 12.4. The van der Waals surface area contributed by atoms with Crippen molar-refractivity contribution in [2.24, 2.45) is 0 Å². The number of benzene rings is 1. The van der Waals surface area contributed by atoms with Gasteiger partial charge in [0.05, 0.1) is 11.9 Å². The fraction of sp³-hybridized carbons (Fsp3) is 0.536. The smallest absolute Gasteiger partial charge is 0.151 e. The lowest BCUT2D eigenvalue weighted by Crippen LogP contribution is -2.62. The molecule has 1 aromatic carbocycles. The van der Waals surface area contributed by atoms with Crippen LogP contribution < -0.4 is 10.2 Å². The molecular formula is C28H40N6O. The van der Waals surface area contributed by atoms with Crippen LogP contribution in [-0.2, 0) is 5.41 Å². The second kappa shape index (κ2) is 8.63. The van der Waals surface area contributed by atoms with E-state index in [1.54, 1.807) is 12.3 Å². The molecule has 3 heterocycles. The Morgan fingerprint density at radius 1 is 1.03 bits per heavy atom. The molecule has 0 unspecified atom stereocenters. The molecule has 0 amide bonds. The molecule has 35 heavy (non-hydrogen) atoms. The number of phenols is 1. The maximum Gasteiger partial charge on any atom is 0.151 e. The van der Waals surface area contributed by atoms with Crippen LogP contribution in [0, 0.1) is 6.92 Å². The van der Waals surface area contributed by atoms with Crippen LogP contribution >= 0.6 is 0 Å². The molecule has 1 saturated heterocycles. The van der Waals surface area contributed by atoms with E-state index in [0.717, 1.165) is 46.6 Å². The summed E-state index contributed by atoms with van der Waals surface area (Å²) >= 11 is 0. The zero-order valence-electron chi connectivity index (χ0n) is 22.6. The SMILES string of the molecule is Cc1[nH]ncc1-c1cc(O)c(-c2ccc(N(C)C3CC(C)(C)NC(C)(C)C3)nn2)c(C(C)(C)C)c1. The Morgan fingerprint density at radius 2 is 1.69 bits per heavy atom. The summed E-state index contributed by atoms with van der Waals surface area (Å²) in [7, 11) is 2.10. The van der Waals surface area contributed by atoms with E-state index in [1.807, 2.05) is 19.1 Å². The molecule has 4 rings (SSSR count). The number of H-pyrrole nitrogens is 1. The van der Waals surface area contributed by atoms with Crippen molar-refractivity contribution in [2.45, 2.75) is 90.8 Å². The highest BCUT2D eigenvalue weighted by Crippen LogP contribution is 2.42. The fourth-order valence-electron chi connectivity index (χ4n) is 5.66. The van der Waals surface area contributed by atoms with E-state index in [0.29, 0.717) is 11.7 Å². The number of aromatic nitrogens is 4. The highest BCUT2D eigenvalue weighted by Gasteiger charge is 2.39. The van der Waals surface area contributed by atoms with Crippen LogP contribution in [0.5, 0.6) is 5.75 Å². The molecule has 1 aliphatic rings. The maximum atomic E-state index is 11.2. The van der Waals surface area contributed by atoms with Gasteiger partial charge in [-0.15, -0.1) is 10.2 Å². The highest BCUT2D eigenvalue weighted by atomic mass is 16.3. The van der Waals surface area contributed by atoms with Crippen LogP contribution in [0.25, 0.3) is 22.4 Å². The Hall–Kier alpha value is -2.93. The summed E-state index contributed by atoms with van der Waals surface area (Å²) in [5.74, 6) is 1.04. The summed E-state index contributed by atoms with van der Waals surface area (Å²) in [6.45, 7) is 17.5. The number of piperidine rings is 1. The molecule has 0 bridgehead atoms. The topological polar surface area (TPSA) is 90.0 Å². The van der Waals surface area contributed by atoms with Gasteiger partial charge in [-0.05, 0) is 88.3 Å². The Kier molecular flexibility index (Phi) is 6.20. The van der Waals surface area contributed by atoms with Crippen LogP contribution in [0.3, 0.4) is 0 Å². The first-order valence-corrected chi connectivity index (χ1v) is 12.4. The predicted octanol–water partition coefficient (Wildman–Crippen LogP) is 5.59. The predicted molar refractivity (Wildman–Crippen MR) is 143 cm³/mol. The van der Waals surface area contributed by atoms with E-state index in [2.05, 4.69) is 92.2 Å². The summed E-state index contributed by atoms with van der Waals surface area (Å²) in [6.07, 6.45) is 3.85. The third kappa shape index (κ3) is 5.20. The van der Waals surface area contributed by atoms with Crippen LogP contribution in [-0.4, -0.2) is 49.7 Å². The molecule has 0 radical (unpaired) electrons. The summed E-state index contributed by atoms with van der Waals surface area (Å²) < 4.78 is 0. The van der Waals surface area contributed by atoms with Crippen LogP contribution in [0.1, 0.15) is 72.6 Å². The Balaban J connectivity index is 1.69. The van der Waals surface area contributed by atoms with Gasteiger partial charge in [-0.1, -0.05) is 20.8 Å². The van der Waals surface area contributed by atoms with Gasteiger partial charge in [0.25, 0.3) is 0 Å². The first kappa shape index (κ1) is 25.2. The number of rotatable bonds is 4. The number of anilines is 1. The molecule has 1 aliphatic heterocycles. The lowest BCUT2D eigenvalue weighted by molar-refractivity contribution is 0.160. The number of hydrogen-bond acceptors (Lipinski definition) is 6. The average molecular weight is 477 g/mol. The molecule has 0 saturated carbocycles. The molecule has 1 fully saturated rings. The van der Waals surface area contributed by atoms with Crippen LogP contribution in [0.15, 0.2) is 30.5 Å². The average Bonchev–Trinajstić information content (AvgIpc) is 3.16. The Bertz CT molecular complexity index is 1190. The number of aromatic amines is 1. The van der Waals surface area contributed by atoms with Gasteiger partial charge in [-0.3, -0.25) is 5.10 Å². The standard InChI is InChI=1S/C28H40N6O/c1-17-20(16-29-30-17)18-12-21(26(2,3)4)25(23(35)13-18)22-10-11-24(32-31-22)34(9)19-14-27(5,6)33-28(7,8)15-19/h10-13,16,19,33,35H,14-15H2,1-9H3,(H,29,30). The second-order valence-electron chi connectivity index (χ2n) is 12.4. The molecule has 3 N–H and O–H groups in total. The van der Waals surface area contributed by atoms with Gasteiger partial charge < -0.3 is 15.3 Å². The van der Waals surface area contributed by atoms with Crippen molar-refractivity contribution in [3.05, 3.63) is 41.7 Å². The van der Waals surface area contributed by atoms with E-state index in [-0.39, 0.29) is 22.2 Å². The number of nitrogens with zero attached hydrogens (tertiary/aromatic N) is 4. The minimum atomic E-state index is -0.204. The van der Waals surface area contributed by atoms with Gasteiger partial charge in [0.2, 0.25) is 0 Å². The molecule has 0 spiro atoms. The molecule has 7 nitrogen and oxygen atoms in total.